The van der Waals surface area contributed by atoms with E-state index in [0.717, 1.165) is 11.8 Å². The van der Waals surface area contributed by atoms with Crippen molar-refractivity contribution in [2.75, 3.05) is 13.2 Å². The van der Waals surface area contributed by atoms with Crippen molar-refractivity contribution < 1.29 is 19.2 Å². The summed E-state index contributed by atoms with van der Waals surface area (Å²) in [7, 11) is 0. The van der Waals surface area contributed by atoms with Crippen LogP contribution in [0.25, 0.3) is 5.69 Å². The Morgan fingerprint density at radius 1 is 1.31 bits per heavy atom. The van der Waals surface area contributed by atoms with Crippen LogP contribution in [0.4, 0.5) is 10.2 Å². The second-order valence-corrected chi connectivity index (χ2v) is 7.32. The molecule has 1 aliphatic rings. The minimum atomic E-state index is -0.510. The highest BCUT2D eigenvalue weighted by atomic mass is 19.1. The lowest BCUT2D eigenvalue weighted by molar-refractivity contribution is -0.501. The Balaban J connectivity index is 1.53. The lowest BCUT2D eigenvalue weighted by Crippen LogP contribution is -2.72. The highest BCUT2D eigenvalue weighted by Gasteiger charge is 2.32. The van der Waals surface area contributed by atoms with E-state index in [1.54, 1.807) is 34.9 Å². The van der Waals surface area contributed by atoms with Crippen molar-refractivity contribution in [3.8, 4) is 5.69 Å². The molecule has 0 spiro atoms. The Kier molecular flexibility index (Phi) is 6.43. The number of aryl methyl sites for hydroxylation is 1. The summed E-state index contributed by atoms with van der Waals surface area (Å²) < 4.78 is 18.8. The number of nitrogens with two attached hydrogens (primary N) is 1. The van der Waals surface area contributed by atoms with Crippen LogP contribution in [0.2, 0.25) is 0 Å². The van der Waals surface area contributed by atoms with Gasteiger partial charge in [-0.15, -0.1) is 0 Å². The number of carbonyl (C=O) groups excluding carboxylic acids is 1. The molecule has 2 aromatic heterocycles. The number of aromatic nitrogens is 4. The fourth-order valence-electron chi connectivity index (χ4n) is 3.47. The molecule has 1 saturated heterocycles. The zero-order valence-electron chi connectivity index (χ0n) is 17.5. The fraction of sp³-hybridized carbons (Fsp3) is 0.227. The summed E-state index contributed by atoms with van der Waals surface area (Å²) in [6, 6.07) is 8.42. The maximum absolute atomic E-state index is 13.5. The molecule has 0 bridgehead atoms. The number of hydrogen-bond acceptors (Lipinski definition) is 6. The Morgan fingerprint density at radius 3 is 2.84 bits per heavy atom. The lowest BCUT2D eigenvalue weighted by Gasteiger charge is -2.24. The molecule has 0 saturated carbocycles. The van der Waals surface area contributed by atoms with Crippen molar-refractivity contribution in [3.05, 3.63) is 77.6 Å². The van der Waals surface area contributed by atoms with Crippen LogP contribution in [0, 0.1) is 18.2 Å². The van der Waals surface area contributed by atoms with E-state index < -0.39 is 12.0 Å². The van der Waals surface area contributed by atoms with Crippen molar-refractivity contribution in [2.45, 2.75) is 19.6 Å². The van der Waals surface area contributed by atoms with E-state index in [4.69, 9.17) is 10.1 Å². The van der Waals surface area contributed by atoms with Crippen LogP contribution in [0.1, 0.15) is 22.3 Å². The van der Waals surface area contributed by atoms with Crippen molar-refractivity contribution in [1.29, 1.82) is 5.41 Å². The molecule has 10 heteroatoms. The number of ether oxygens (including phenoxy) is 1. The Morgan fingerprint density at radius 2 is 2.12 bits per heavy atom. The topological polar surface area (TPSA) is 114 Å². The molecule has 4 rings (SSSR count). The van der Waals surface area contributed by atoms with Crippen molar-refractivity contribution in [2.24, 2.45) is 0 Å². The van der Waals surface area contributed by atoms with Crippen LogP contribution in [0.3, 0.4) is 0 Å². The minimum absolute atomic E-state index is 0.183. The van der Waals surface area contributed by atoms with Gasteiger partial charge in [0.1, 0.15) is 18.2 Å². The van der Waals surface area contributed by atoms with E-state index in [0.29, 0.717) is 42.2 Å². The molecule has 32 heavy (non-hydrogen) atoms. The molecular weight excluding hydrogens is 413 g/mol. The van der Waals surface area contributed by atoms with Crippen molar-refractivity contribution >= 4 is 17.9 Å². The van der Waals surface area contributed by atoms with Gasteiger partial charge in [-0.2, -0.15) is 15.0 Å². The molecular formula is C22H23FN7O2+. The average Bonchev–Trinajstić information content (AvgIpc) is 3.49. The smallest absolute Gasteiger partial charge is 0.258 e. The first-order chi connectivity index (χ1) is 15.5. The highest BCUT2D eigenvalue weighted by Crippen LogP contribution is 2.23. The second-order valence-electron chi connectivity index (χ2n) is 7.32. The van der Waals surface area contributed by atoms with Gasteiger partial charge in [0.05, 0.1) is 36.4 Å². The average molecular weight is 436 g/mol. The summed E-state index contributed by atoms with van der Waals surface area (Å²) >= 11 is 0. The Bertz CT molecular complexity index is 1130. The van der Waals surface area contributed by atoms with Crippen LogP contribution in [0.5, 0.6) is 0 Å². The van der Waals surface area contributed by atoms with Crippen LogP contribution in [-0.4, -0.2) is 56.4 Å². The van der Waals surface area contributed by atoms with Gasteiger partial charge in [-0.3, -0.25) is 10.1 Å². The van der Waals surface area contributed by atoms with E-state index in [2.05, 4.69) is 15.2 Å². The molecule has 3 heterocycles. The van der Waals surface area contributed by atoms with E-state index in [1.165, 1.54) is 17.1 Å². The van der Waals surface area contributed by atoms with Crippen molar-refractivity contribution in [1.82, 2.24) is 24.9 Å². The number of pyridine rings is 1. The summed E-state index contributed by atoms with van der Waals surface area (Å²) in [4.78, 5) is 20.5. The van der Waals surface area contributed by atoms with E-state index in [9.17, 15) is 9.18 Å². The number of nitrogens with zero attached hydrogens (tertiary/aromatic N) is 5. The van der Waals surface area contributed by atoms with Gasteiger partial charge in [0.15, 0.2) is 0 Å². The van der Waals surface area contributed by atoms with E-state index in [-0.39, 0.29) is 5.91 Å². The fourth-order valence-corrected chi connectivity index (χ4v) is 3.47. The summed E-state index contributed by atoms with van der Waals surface area (Å²) in [6.07, 6.45) is 7.03. The van der Waals surface area contributed by atoms with Gasteiger partial charge in [-0.05, 0) is 25.1 Å². The summed E-state index contributed by atoms with van der Waals surface area (Å²) in [5.41, 5.74) is 2.68. The monoisotopic (exact) mass is 436 g/mol. The number of amides is 1. The molecule has 1 aromatic carbocycles. The number of benzene rings is 1. The SMILES string of the molecule is Cc1ccc(-n2nccn2)c(C(=O)N2CCOC2CC(C=N)=C[NH2+]c2ccc(F)cn2)c1. The first kappa shape index (κ1) is 21.5. The first-order valence-electron chi connectivity index (χ1n) is 10.1. The molecule has 0 radical (unpaired) electrons. The maximum Gasteiger partial charge on any atom is 0.258 e. The normalized spacial score (nSPS) is 16.4. The van der Waals surface area contributed by atoms with Crippen LogP contribution < -0.4 is 5.32 Å². The molecule has 9 nitrogen and oxygen atoms in total. The third kappa shape index (κ3) is 4.76. The van der Waals surface area contributed by atoms with Crippen LogP contribution in [-0.2, 0) is 4.74 Å². The molecule has 1 unspecified atom stereocenters. The predicted octanol–water partition coefficient (Wildman–Crippen LogP) is 1.73. The second kappa shape index (κ2) is 9.58. The van der Waals surface area contributed by atoms with Gasteiger partial charge in [0.2, 0.25) is 5.82 Å². The Hall–Kier alpha value is -3.76. The van der Waals surface area contributed by atoms with Gasteiger partial charge in [0, 0.05) is 30.8 Å². The third-order valence-electron chi connectivity index (χ3n) is 5.08. The quantitative estimate of drug-likeness (QED) is 0.548. The predicted molar refractivity (Wildman–Crippen MR) is 114 cm³/mol. The van der Waals surface area contributed by atoms with Gasteiger partial charge in [-0.1, -0.05) is 11.6 Å². The molecule has 1 aliphatic heterocycles. The minimum Gasteiger partial charge on any atom is -0.356 e. The number of hydrogen-bond donors (Lipinski definition) is 2. The maximum atomic E-state index is 13.5. The zero-order chi connectivity index (χ0) is 22.5. The van der Waals surface area contributed by atoms with Gasteiger partial charge < -0.3 is 15.0 Å². The summed E-state index contributed by atoms with van der Waals surface area (Å²) in [6.45, 7) is 2.77. The molecule has 1 amide bonds. The lowest BCUT2D eigenvalue weighted by atomic mass is 10.1. The molecule has 1 atom stereocenters. The van der Waals surface area contributed by atoms with Crippen LogP contribution in [0.15, 0.2) is 60.7 Å². The standard InChI is InChI=1S/C22H22FN7O2/c1-15-2-4-19(30-27-6-7-28-30)18(10-15)22(31)29-8-9-32-21(29)11-16(12-24)13-25-20-5-3-17(23)14-26-20/h2-7,10,12-14,21,24H,8-9,11H2,1H3,(H,25,26)/p+1. The van der Waals surface area contributed by atoms with Crippen LogP contribution >= 0.6 is 0 Å². The number of carbonyl (C=O) groups is 1. The van der Waals surface area contributed by atoms with Gasteiger partial charge in [-0.25, -0.2) is 9.37 Å². The molecule has 0 aliphatic carbocycles. The van der Waals surface area contributed by atoms with Gasteiger partial charge in [0.25, 0.3) is 5.91 Å². The Labute approximate surface area is 184 Å². The highest BCUT2D eigenvalue weighted by molar-refractivity contribution is 5.98. The van der Waals surface area contributed by atoms with E-state index >= 15 is 0 Å². The molecule has 1 fully saturated rings. The molecule has 3 N–H and O–H groups in total. The third-order valence-corrected chi connectivity index (χ3v) is 5.08. The molecule has 3 aromatic rings. The van der Waals surface area contributed by atoms with Crippen molar-refractivity contribution in [3.63, 3.8) is 0 Å². The summed E-state index contributed by atoms with van der Waals surface area (Å²) in [5.74, 6) is -0.0214. The van der Waals surface area contributed by atoms with Gasteiger partial charge >= 0.3 is 0 Å². The largest absolute Gasteiger partial charge is 0.356 e. The number of nitrogens with one attached hydrogen (secondary N) is 1. The number of quaternary nitrogens is 1. The molecule has 164 valence electrons. The summed E-state index contributed by atoms with van der Waals surface area (Å²) in [5, 5.41) is 17.8. The van der Waals surface area contributed by atoms with E-state index in [1.807, 2.05) is 25.1 Å². The first-order valence-corrected chi connectivity index (χ1v) is 10.1. The zero-order valence-corrected chi connectivity index (χ0v) is 17.5. The number of halogens is 1. The number of rotatable bonds is 7.